The van der Waals surface area contributed by atoms with Crippen LogP contribution in [0.3, 0.4) is 0 Å². The molecule has 0 aromatic rings. The number of nitrogens with one attached hydrogen (secondary N) is 1. The summed E-state index contributed by atoms with van der Waals surface area (Å²) in [6.07, 6.45) is -4.07. The summed E-state index contributed by atoms with van der Waals surface area (Å²) in [5, 5.41) is 29.7. The van der Waals surface area contributed by atoms with Crippen LogP contribution < -0.4 is 5.32 Å². The molecule has 0 unspecified atom stereocenters. The van der Waals surface area contributed by atoms with Gasteiger partial charge >= 0.3 is 0 Å². The van der Waals surface area contributed by atoms with E-state index in [0.29, 0.717) is 0 Å². The molecule has 1 amide bonds. The fourth-order valence-corrected chi connectivity index (χ4v) is 1.02. The Balaban J connectivity index is 4.47. The van der Waals surface area contributed by atoms with E-state index in [2.05, 4.69) is 5.32 Å². The predicted octanol–water partition coefficient (Wildman–Crippen LogP) is -2.21. The van der Waals surface area contributed by atoms with Gasteiger partial charge < -0.3 is 25.4 Å². The van der Waals surface area contributed by atoms with E-state index in [0.717, 1.165) is 0 Å². The summed E-state index contributed by atoms with van der Waals surface area (Å²) in [6.45, 7) is 2.54. The van der Waals surface area contributed by atoms with Crippen molar-refractivity contribution in [2.24, 2.45) is 0 Å². The maximum absolute atomic E-state index is 10.7. The van der Waals surface area contributed by atoms with Crippen molar-refractivity contribution < 1.29 is 24.9 Å². The molecule has 0 aromatic carbocycles. The van der Waals surface area contributed by atoms with Gasteiger partial charge in [-0.2, -0.15) is 0 Å². The summed E-state index contributed by atoms with van der Waals surface area (Å²) >= 11 is 0. The van der Waals surface area contributed by atoms with Gasteiger partial charge in [0, 0.05) is 6.92 Å². The molecule has 0 radical (unpaired) electrons. The van der Waals surface area contributed by atoms with Crippen LogP contribution in [0.15, 0.2) is 0 Å². The molecule has 0 rings (SSSR count). The smallest absolute Gasteiger partial charge is 0.217 e. The van der Waals surface area contributed by atoms with Gasteiger partial charge in [0.1, 0.15) is 12.2 Å². The number of aliphatic hydroxyl groups is 3. The lowest BCUT2D eigenvalue weighted by Gasteiger charge is -2.27. The first-order valence-electron chi connectivity index (χ1n) is 4.16. The SMILES string of the molecule is CC(=O)N[C@@H]([C@H](O)[C@@H](O)C=O)[C@@H](C)O. The van der Waals surface area contributed by atoms with Crippen LogP contribution in [0.5, 0.6) is 0 Å². The van der Waals surface area contributed by atoms with E-state index in [1.54, 1.807) is 0 Å². The lowest BCUT2D eigenvalue weighted by Crippen LogP contribution is -2.53. The van der Waals surface area contributed by atoms with E-state index in [-0.39, 0.29) is 6.29 Å². The van der Waals surface area contributed by atoms with Crippen LogP contribution in [0, 0.1) is 0 Å². The zero-order valence-electron chi connectivity index (χ0n) is 8.04. The maximum atomic E-state index is 10.7. The summed E-state index contributed by atoms with van der Waals surface area (Å²) in [5.74, 6) is -0.465. The fraction of sp³-hybridized carbons (Fsp3) is 0.750. The van der Waals surface area contributed by atoms with Crippen LogP contribution in [0.2, 0.25) is 0 Å². The molecule has 0 saturated heterocycles. The van der Waals surface area contributed by atoms with Gasteiger partial charge in [0.2, 0.25) is 5.91 Å². The molecule has 4 atom stereocenters. The molecule has 0 aliphatic heterocycles. The van der Waals surface area contributed by atoms with Crippen LogP contribution in [0.1, 0.15) is 13.8 Å². The van der Waals surface area contributed by atoms with Crippen molar-refractivity contribution in [2.45, 2.75) is 38.2 Å². The maximum Gasteiger partial charge on any atom is 0.217 e. The Morgan fingerprint density at radius 2 is 1.86 bits per heavy atom. The number of amides is 1. The van der Waals surface area contributed by atoms with Crippen LogP contribution in [0.25, 0.3) is 0 Å². The number of rotatable bonds is 5. The highest BCUT2D eigenvalue weighted by Crippen LogP contribution is 2.03. The van der Waals surface area contributed by atoms with Gasteiger partial charge in [0.25, 0.3) is 0 Å². The van der Waals surface area contributed by atoms with Crippen LogP contribution in [-0.4, -0.2) is 51.9 Å². The number of aldehydes is 1. The van der Waals surface area contributed by atoms with Gasteiger partial charge in [-0.05, 0) is 6.92 Å². The van der Waals surface area contributed by atoms with Gasteiger partial charge in [0.05, 0.1) is 12.1 Å². The lowest BCUT2D eigenvalue weighted by atomic mass is 10.0. The molecule has 0 bridgehead atoms. The molecule has 0 aromatic heterocycles. The topological polar surface area (TPSA) is 107 Å². The van der Waals surface area contributed by atoms with E-state index >= 15 is 0 Å². The van der Waals surface area contributed by atoms with Crippen molar-refractivity contribution in [3.63, 3.8) is 0 Å². The first-order valence-corrected chi connectivity index (χ1v) is 4.16. The van der Waals surface area contributed by atoms with Crippen LogP contribution in [-0.2, 0) is 9.59 Å². The summed E-state index contributed by atoms with van der Waals surface area (Å²) in [4.78, 5) is 20.8. The Labute approximate surface area is 81.5 Å². The molecule has 4 N–H and O–H groups in total. The molecule has 0 fully saturated rings. The van der Waals surface area contributed by atoms with Crippen molar-refractivity contribution >= 4 is 12.2 Å². The highest BCUT2D eigenvalue weighted by atomic mass is 16.3. The van der Waals surface area contributed by atoms with Gasteiger partial charge in [0.15, 0.2) is 6.29 Å². The Morgan fingerprint density at radius 1 is 1.36 bits per heavy atom. The summed E-state index contributed by atoms with van der Waals surface area (Å²) in [6, 6.07) is -1.06. The highest BCUT2D eigenvalue weighted by Gasteiger charge is 2.30. The minimum atomic E-state index is -1.62. The third-order valence-corrected chi connectivity index (χ3v) is 1.75. The van der Waals surface area contributed by atoms with Gasteiger partial charge in [-0.3, -0.25) is 4.79 Å². The standard InChI is InChI=1S/C8H15NO5/c1-4(11)7(9-5(2)12)8(14)6(13)3-10/h3-4,6-8,11,13-14H,1-2H3,(H,9,12)/t4-,6+,7-,8-/m1/s1. The molecule has 14 heavy (non-hydrogen) atoms. The van der Waals surface area contributed by atoms with Crippen molar-refractivity contribution in [2.75, 3.05) is 0 Å². The quantitative estimate of drug-likeness (QED) is 0.381. The second-order valence-electron chi connectivity index (χ2n) is 3.08. The average Bonchev–Trinajstić information content (AvgIpc) is 2.11. The van der Waals surface area contributed by atoms with E-state index in [4.69, 9.17) is 5.11 Å². The van der Waals surface area contributed by atoms with E-state index in [1.807, 2.05) is 0 Å². The molecular weight excluding hydrogens is 190 g/mol. The third-order valence-electron chi connectivity index (χ3n) is 1.75. The number of carbonyl (C=O) groups excluding carboxylic acids is 2. The molecule has 0 spiro atoms. The average molecular weight is 205 g/mol. The second kappa shape index (κ2) is 5.69. The number of carbonyl (C=O) groups is 2. The molecule has 0 aliphatic rings. The largest absolute Gasteiger partial charge is 0.391 e. The first kappa shape index (κ1) is 13.0. The normalized spacial score (nSPS) is 19.2. The molecule has 6 nitrogen and oxygen atoms in total. The Bertz CT molecular complexity index is 206. The van der Waals surface area contributed by atoms with Crippen molar-refractivity contribution in [1.29, 1.82) is 0 Å². The van der Waals surface area contributed by atoms with Gasteiger partial charge in [-0.15, -0.1) is 0 Å². The summed E-state index contributed by atoms with van der Waals surface area (Å²) in [5.41, 5.74) is 0. The Kier molecular flexibility index (Phi) is 5.29. The Hall–Kier alpha value is -0.980. The Morgan fingerprint density at radius 3 is 2.14 bits per heavy atom. The molecule has 0 aliphatic carbocycles. The van der Waals surface area contributed by atoms with E-state index in [1.165, 1.54) is 13.8 Å². The van der Waals surface area contributed by atoms with Crippen molar-refractivity contribution in [3.05, 3.63) is 0 Å². The van der Waals surface area contributed by atoms with Gasteiger partial charge in [-0.1, -0.05) is 0 Å². The van der Waals surface area contributed by atoms with Gasteiger partial charge in [-0.25, -0.2) is 0 Å². The lowest BCUT2D eigenvalue weighted by molar-refractivity contribution is -0.128. The minimum absolute atomic E-state index is 0.141. The summed E-state index contributed by atoms with van der Waals surface area (Å²) < 4.78 is 0. The van der Waals surface area contributed by atoms with Crippen LogP contribution >= 0.6 is 0 Å². The van der Waals surface area contributed by atoms with E-state index < -0.39 is 30.3 Å². The number of hydrogen-bond donors (Lipinski definition) is 4. The van der Waals surface area contributed by atoms with Crippen molar-refractivity contribution in [3.8, 4) is 0 Å². The van der Waals surface area contributed by atoms with Crippen LogP contribution in [0.4, 0.5) is 0 Å². The highest BCUT2D eigenvalue weighted by molar-refractivity contribution is 5.73. The predicted molar refractivity (Wildman–Crippen MR) is 47.4 cm³/mol. The van der Waals surface area contributed by atoms with E-state index in [9.17, 15) is 19.8 Å². The molecule has 0 saturated carbocycles. The zero-order valence-corrected chi connectivity index (χ0v) is 8.04. The zero-order chi connectivity index (χ0) is 11.3. The molecule has 82 valence electrons. The fourth-order valence-electron chi connectivity index (χ4n) is 1.02. The third kappa shape index (κ3) is 3.82. The minimum Gasteiger partial charge on any atom is -0.391 e. The molecular formula is C8H15NO5. The summed E-state index contributed by atoms with van der Waals surface area (Å²) in [7, 11) is 0. The molecule has 6 heteroatoms. The molecule has 0 heterocycles. The number of aliphatic hydroxyl groups excluding tert-OH is 3. The second-order valence-corrected chi connectivity index (χ2v) is 3.08. The number of hydrogen-bond acceptors (Lipinski definition) is 5. The first-order chi connectivity index (χ1) is 6.40. The van der Waals surface area contributed by atoms with Crippen molar-refractivity contribution in [1.82, 2.24) is 5.32 Å². The monoisotopic (exact) mass is 205 g/mol.